The fraction of sp³-hybridized carbons (Fsp3) is 0.320. The molecular formula is C25H24ClN4O4S. The molecule has 0 unspecified atom stereocenters. The Morgan fingerprint density at radius 1 is 1.26 bits per heavy atom. The van der Waals surface area contributed by atoms with Crippen molar-refractivity contribution in [3.8, 4) is 11.3 Å². The Labute approximate surface area is 209 Å². The van der Waals surface area contributed by atoms with Crippen molar-refractivity contribution in [2.24, 2.45) is 0 Å². The minimum absolute atomic E-state index is 0.0621. The van der Waals surface area contributed by atoms with Gasteiger partial charge in [0.2, 0.25) is 5.95 Å². The lowest BCUT2D eigenvalue weighted by Crippen LogP contribution is -2.28. The Hall–Kier alpha value is -3.01. The van der Waals surface area contributed by atoms with Crippen LogP contribution in [-0.4, -0.2) is 49.3 Å². The van der Waals surface area contributed by atoms with Crippen molar-refractivity contribution in [2.45, 2.75) is 37.2 Å². The molecule has 8 nitrogen and oxygen atoms in total. The number of halogens is 1. The second kappa shape index (κ2) is 9.56. The highest BCUT2D eigenvalue weighted by Crippen LogP contribution is 2.36. The molecule has 0 saturated carbocycles. The monoisotopic (exact) mass is 511 g/mol. The van der Waals surface area contributed by atoms with Gasteiger partial charge in [0.05, 0.1) is 39.8 Å². The maximum absolute atomic E-state index is 13.4. The Balaban J connectivity index is 1.46. The number of aromatic nitrogens is 2. The number of ether oxygens (including phenoxy) is 1. The smallest absolute Gasteiger partial charge is 0.259 e. The van der Waals surface area contributed by atoms with Gasteiger partial charge in [0.15, 0.2) is 9.84 Å². The van der Waals surface area contributed by atoms with Crippen molar-refractivity contribution in [1.82, 2.24) is 9.97 Å². The zero-order valence-corrected chi connectivity index (χ0v) is 20.7. The molecule has 1 saturated heterocycles. The van der Waals surface area contributed by atoms with Gasteiger partial charge in [0.1, 0.15) is 0 Å². The number of benzene rings is 2. The maximum Gasteiger partial charge on any atom is 0.259 e. The molecule has 2 aromatic carbocycles. The number of amides is 1. The molecule has 0 aliphatic carbocycles. The molecule has 1 fully saturated rings. The highest BCUT2D eigenvalue weighted by Gasteiger charge is 2.32. The van der Waals surface area contributed by atoms with Crippen LogP contribution in [0.2, 0.25) is 5.02 Å². The van der Waals surface area contributed by atoms with Gasteiger partial charge in [0, 0.05) is 36.4 Å². The number of carbonyl (C=O) groups excluding carboxylic acids is 1. The zero-order valence-electron chi connectivity index (χ0n) is 19.1. The molecule has 10 heteroatoms. The lowest BCUT2D eigenvalue weighted by Gasteiger charge is -2.23. The average Bonchev–Trinajstić information content (AvgIpc) is 3.21. The lowest BCUT2D eigenvalue weighted by molar-refractivity contribution is 0.0903. The first kappa shape index (κ1) is 23.7. The Kier molecular flexibility index (Phi) is 6.48. The first-order valence-corrected chi connectivity index (χ1v) is 13.5. The zero-order chi connectivity index (χ0) is 24.6. The Bertz CT molecular complexity index is 1390. The van der Waals surface area contributed by atoms with Crippen molar-refractivity contribution < 1.29 is 17.9 Å². The van der Waals surface area contributed by atoms with E-state index in [1.54, 1.807) is 31.3 Å². The SMILES string of the molecule is CCS(=O)(=O)c1ccc[c]c1N1Cc2ccc(-c3nc(NC4CCOCC4)ncc3Cl)cc2C1=O. The van der Waals surface area contributed by atoms with Gasteiger partial charge in [-0.1, -0.05) is 42.8 Å². The van der Waals surface area contributed by atoms with Crippen LogP contribution in [0, 0.1) is 6.07 Å². The van der Waals surface area contributed by atoms with E-state index in [1.807, 2.05) is 12.1 Å². The number of hydrogen-bond acceptors (Lipinski definition) is 7. The summed E-state index contributed by atoms with van der Waals surface area (Å²) in [5, 5.41) is 3.71. The molecule has 181 valence electrons. The van der Waals surface area contributed by atoms with Crippen molar-refractivity contribution in [3.05, 3.63) is 64.8 Å². The molecule has 1 radical (unpaired) electrons. The minimum Gasteiger partial charge on any atom is -0.381 e. The van der Waals surface area contributed by atoms with E-state index < -0.39 is 9.84 Å². The number of para-hydroxylation sites is 1. The summed E-state index contributed by atoms with van der Waals surface area (Å²) >= 11 is 6.43. The third-order valence-electron chi connectivity index (χ3n) is 6.27. The third kappa shape index (κ3) is 4.63. The van der Waals surface area contributed by atoms with Crippen LogP contribution in [0.5, 0.6) is 0 Å². The van der Waals surface area contributed by atoms with E-state index in [-0.39, 0.29) is 34.8 Å². The molecule has 1 N–H and O–H groups in total. The summed E-state index contributed by atoms with van der Waals surface area (Å²) in [5.41, 5.74) is 2.74. The highest BCUT2D eigenvalue weighted by atomic mass is 35.5. The molecular weight excluding hydrogens is 488 g/mol. The highest BCUT2D eigenvalue weighted by molar-refractivity contribution is 7.91. The van der Waals surface area contributed by atoms with E-state index in [0.29, 0.717) is 41.0 Å². The first-order valence-electron chi connectivity index (χ1n) is 11.4. The standard InChI is InChI=1S/C25H24ClN4O4S/c1-2-35(32,33)22-6-4-3-5-21(22)30-15-17-8-7-16(13-19(17)24(30)31)23-20(26)14-27-25(29-23)28-18-9-11-34-12-10-18/h3-4,6-8,13-14,18H,2,9-12,15H2,1H3,(H,27,28,29). The topological polar surface area (TPSA) is 101 Å². The average molecular weight is 512 g/mol. The maximum atomic E-state index is 13.4. The fourth-order valence-electron chi connectivity index (χ4n) is 4.32. The van der Waals surface area contributed by atoms with Gasteiger partial charge in [-0.2, -0.15) is 0 Å². The quantitative estimate of drug-likeness (QED) is 0.530. The molecule has 35 heavy (non-hydrogen) atoms. The fourth-order valence-corrected chi connectivity index (χ4v) is 5.58. The minimum atomic E-state index is -3.53. The molecule has 3 heterocycles. The van der Waals surface area contributed by atoms with E-state index in [9.17, 15) is 13.2 Å². The van der Waals surface area contributed by atoms with Crippen LogP contribution in [0.25, 0.3) is 11.3 Å². The Morgan fingerprint density at radius 3 is 2.83 bits per heavy atom. The van der Waals surface area contributed by atoms with Crippen molar-refractivity contribution >= 4 is 39.0 Å². The van der Waals surface area contributed by atoms with Crippen molar-refractivity contribution in [2.75, 3.05) is 29.2 Å². The summed E-state index contributed by atoms with van der Waals surface area (Å²) in [6.45, 7) is 3.23. The molecule has 5 rings (SSSR count). The lowest BCUT2D eigenvalue weighted by atomic mass is 10.0. The van der Waals surface area contributed by atoms with E-state index in [2.05, 4.69) is 21.4 Å². The number of nitrogens with zero attached hydrogens (tertiary/aromatic N) is 3. The number of hydrogen-bond donors (Lipinski definition) is 1. The second-order valence-electron chi connectivity index (χ2n) is 8.47. The molecule has 2 aliphatic heterocycles. The van der Waals surface area contributed by atoms with Crippen LogP contribution < -0.4 is 10.2 Å². The summed E-state index contributed by atoms with van der Waals surface area (Å²) in [6.07, 6.45) is 3.29. The van der Waals surface area contributed by atoms with Crippen molar-refractivity contribution in [1.29, 1.82) is 0 Å². The van der Waals surface area contributed by atoms with Gasteiger partial charge < -0.3 is 15.0 Å². The van der Waals surface area contributed by atoms with Gasteiger partial charge in [0.25, 0.3) is 5.91 Å². The number of anilines is 2. The molecule has 0 spiro atoms. The molecule has 0 atom stereocenters. The predicted molar refractivity (Wildman–Crippen MR) is 133 cm³/mol. The van der Waals surface area contributed by atoms with Crippen LogP contribution in [0.15, 0.2) is 47.5 Å². The summed E-state index contributed by atoms with van der Waals surface area (Å²) in [7, 11) is -3.53. The summed E-state index contributed by atoms with van der Waals surface area (Å²) < 4.78 is 30.6. The van der Waals surface area contributed by atoms with Crippen LogP contribution in [0.3, 0.4) is 0 Å². The van der Waals surface area contributed by atoms with Crippen LogP contribution in [-0.2, 0) is 21.1 Å². The summed E-state index contributed by atoms with van der Waals surface area (Å²) in [6, 6.07) is 13.4. The van der Waals surface area contributed by atoms with Crippen molar-refractivity contribution in [3.63, 3.8) is 0 Å². The van der Waals surface area contributed by atoms with Crippen LogP contribution >= 0.6 is 11.6 Å². The van der Waals surface area contributed by atoms with E-state index in [0.717, 1.165) is 18.4 Å². The number of fused-ring (bicyclic) bond motifs is 1. The summed E-state index contributed by atoms with van der Waals surface area (Å²) in [4.78, 5) is 23.9. The third-order valence-corrected chi connectivity index (χ3v) is 8.30. The largest absolute Gasteiger partial charge is 0.381 e. The number of nitrogens with one attached hydrogen (secondary N) is 1. The predicted octanol–water partition coefficient (Wildman–Crippen LogP) is 4.14. The number of rotatable bonds is 6. The molecule has 0 bridgehead atoms. The normalized spacial score (nSPS) is 16.4. The first-order chi connectivity index (χ1) is 16.9. The van der Waals surface area contributed by atoms with E-state index in [4.69, 9.17) is 16.3 Å². The van der Waals surface area contributed by atoms with E-state index >= 15 is 0 Å². The number of carbonyl (C=O) groups is 1. The molecule has 3 aromatic rings. The van der Waals surface area contributed by atoms with Gasteiger partial charge in [-0.3, -0.25) is 4.79 Å². The van der Waals surface area contributed by atoms with Crippen LogP contribution in [0.1, 0.15) is 35.7 Å². The molecule has 1 amide bonds. The van der Waals surface area contributed by atoms with Gasteiger partial charge in [-0.25, -0.2) is 18.4 Å². The molecule has 1 aromatic heterocycles. The summed E-state index contributed by atoms with van der Waals surface area (Å²) in [5.74, 6) is 0.119. The van der Waals surface area contributed by atoms with Gasteiger partial charge >= 0.3 is 0 Å². The second-order valence-corrected chi connectivity index (χ2v) is 11.1. The molecule has 2 aliphatic rings. The number of sulfone groups is 1. The van der Waals surface area contributed by atoms with Gasteiger partial charge in [-0.15, -0.1) is 0 Å². The van der Waals surface area contributed by atoms with Gasteiger partial charge in [-0.05, 0) is 30.5 Å². The van der Waals surface area contributed by atoms with Crippen LogP contribution in [0.4, 0.5) is 11.6 Å². The Morgan fingerprint density at radius 2 is 2.06 bits per heavy atom. The van der Waals surface area contributed by atoms with E-state index in [1.165, 1.54) is 11.0 Å².